The summed E-state index contributed by atoms with van der Waals surface area (Å²) in [6.07, 6.45) is 0.195. The highest BCUT2D eigenvalue weighted by molar-refractivity contribution is 6.10. The number of ether oxygens (including phenoxy) is 2. The number of para-hydroxylation sites is 1. The van der Waals surface area contributed by atoms with Crippen molar-refractivity contribution in [1.82, 2.24) is 0 Å². The van der Waals surface area contributed by atoms with Gasteiger partial charge in [0.05, 0.1) is 7.11 Å². The van der Waals surface area contributed by atoms with Crippen LogP contribution in [0.4, 0.5) is 5.69 Å². The first-order valence-electron chi connectivity index (χ1n) is 8.84. The molecule has 2 rings (SSSR count). The Morgan fingerprint density at radius 3 is 2.52 bits per heavy atom. The van der Waals surface area contributed by atoms with E-state index in [4.69, 9.17) is 14.6 Å². The van der Waals surface area contributed by atoms with Crippen LogP contribution in [-0.4, -0.2) is 30.2 Å². The van der Waals surface area contributed by atoms with Crippen LogP contribution >= 0.6 is 0 Å². The van der Waals surface area contributed by atoms with Crippen LogP contribution in [0.3, 0.4) is 0 Å². The molecule has 1 amide bonds. The number of carbonyl (C=O) groups is 2. The quantitative estimate of drug-likeness (QED) is 0.547. The van der Waals surface area contributed by atoms with Gasteiger partial charge in [-0.15, -0.1) is 0 Å². The molecule has 1 atom stereocenters. The monoisotopic (exact) mass is 394 g/mol. The summed E-state index contributed by atoms with van der Waals surface area (Å²) in [5, 5.41) is 21.4. The van der Waals surface area contributed by atoms with Gasteiger partial charge in [-0.3, -0.25) is 4.79 Å². The van der Waals surface area contributed by atoms with Gasteiger partial charge < -0.3 is 19.9 Å². The summed E-state index contributed by atoms with van der Waals surface area (Å²) < 4.78 is 10.7. The van der Waals surface area contributed by atoms with Gasteiger partial charge in [-0.25, -0.2) is 4.79 Å². The molecule has 2 aromatic rings. The molecule has 0 unspecified atom stereocenters. The van der Waals surface area contributed by atoms with Crippen LogP contribution in [-0.2, 0) is 9.59 Å². The van der Waals surface area contributed by atoms with Crippen molar-refractivity contribution in [3.63, 3.8) is 0 Å². The highest BCUT2D eigenvalue weighted by Gasteiger charge is 2.19. The molecular weight excluding hydrogens is 372 g/mol. The van der Waals surface area contributed by atoms with E-state index in [0.29, 0.717) is 17.0 Å². The number of nitrogens with one attached hydrogen (secondary N) is 1. The molecule has 0 saturated carbocycles. The topological polar surface area (TPSA) is 109 Å². The van der Waals surface area contributed by atoms with E-state index >= 15 is 0 Å². The fraction of sp³-hybridized carbons (Fsp3) is 0.227. The molecule has 0 saturated heterocycles. The standard InChI is InChI=1S/C22H22N2O5/c1-13-7-5-9-18(14(13)2)24-21(25)17(12-23)11-16-8-6-10-19(28-4)20(16)29-15(3)22(26)27/h5-11,15H,1-4H3,(H,24,25)(H,26,27)/b17-11-/t15-/m1/s1. The minimum Gasteiger partial charge on any atom is -0.493 e. The fourth-order valence-electron chi connectivity index (χ4n) is 2.54. The van der Waals surface area contributed by atoms with Gasteiger partial charge in [0.15, 0.2) is 17.6 Å². The van der Waals surface area contributed by atoms with E-state index in [2.05, 4.69) is 5.32 Å². The molecule has 7 nitrogen and oxygen atoms in total. The predicted octanol–water partition coefficient (Wildman–Crippen LogP) is 3.71. The molecular formula is C22H22N2O5. The fourth-order valence-corrected chi connectivity index (χ4v) is 2.54. The predicted molar refractivity (Wildman–Crippen MR) is 109 cm³/mol. The van der Waals surface area contributed by atoms with Gasteiger partial charge in [0.2, 0.25) is 0 Å². The van der Waals surface area contributed by atoms with Crippen molar-refractivity contribution in [2.75, 3.05) is 12.4 Å². The van der Waals surface area contributed by atoms with Gasteiger partial charge in [-0.2, -0.15) is 5.26 Å². The maximum atomic E-state index is 12.6. The summed E-state index contributed by atoms with van der Waals surface area (Å²) in [4.78, 5) is 23.8. The van der Waals surface area contributed by atoms with E-state index in [1.165, 1.54) is 20.1 Å². The molecule has 0 aliphatic carbocycles. The third kappa shape index (κ3) is 5.14. The average molecular weight is 394 g/mol. The number of carboxylic acids is 1. The zero-order valence-corrected chi connectivity index (χ0v) is 16.6. The zero-order valence-electron chi connectivity index (χ0n) is 16.6. The number of amides is 1. The highest BCUT2D eigenvalue weighted by Crippen LogP contribution is 2.33. The van der Waals surface area contributed by atoms with Crippen molar-refractivity contribution in [3.05, 3.63) is 58.7 Å². The molecule has 0 spiro atoms. The Morgan fingerprint density at radius 1 is 1.21 bits per heavy atom. The molecule has 29 heavy (non-hydrogen) atoms. The molecule has 0 fully saturated rings. The summed E-state index contributed by atoms with van der Waals surface area (Å²) in [7, 11) is 1.42. The highest BCUT2D eigenvalue weighted by atomic mass is 16.5. The lowest BCUT2D eigenvalue weighted by Gasteiger charge is -2.16. The maximum Gasteiger partial charge on any atom is 0.344 e. The Morgan fingerprint density at radius 2 is 1.90 bits per heavy atom. The SMILES string of the molecule is COc1cccc(/C=C(/C#N)C(=O)Nc2cccc(C)c2C)c1O[C@H](C)C(=O)O. The minimum absolute atomic E-state index is 0.136. The Kier molecular flexibility index (Phi) is 6.99. The molecule has 7 heteroatoms. The second-order valence-corrected chi connectivity index (χ2v) is 6.35. The van der Waals surface area contributed by atoms with Crippen LogP contribution < -0.4 is 14.8 Å². The summed E-state index contributed by atoms with van der Waals surface area (Å²) >= 11 is 0. The third-order valence-corrected chi connectivity index (χ3v) is 4.39. The number of rotatable bonds is 7. The second-order valence-electron chi connectivity index (χ2n) is 6.35. The minimum atomic E-state index is -1.15. The number of nitrogens with zero attached hydrogens (tertiary/aromatic N) is 1. The first-order chi connectivity index (χ1) is 13.8. The van der Waals surface area contributed by atoms with Gasteiger partial charge in [0, 0.05) is 11.3 Å². The van der Waals surface area contributed by atoms with Crippen LogP contribution in [0.5, 0.6) is 11.5 Å². The number of anilines is 1. The number of carboxylic acid groups (broad SMARTS) is 1. The normalized spacial score (nSPS) is 11.9. The lowest BCUT2D eigenvalue weighted by atomic mass is 10.1. The average Bonchev–Trinajstić information content (AvgIpc) is 2.70. The molecule has 2 aromatic carbocycles. The largest absolute Gasteiger partial charge is 0.493 e. The Bertz CT molecular complexity index is 1000. The van der Waals surface area contributed by atoms with Crippen molar-refractivity contribution < 1.29 is 24.2 Å². The van der Waals surface area contributed by atoms with Crippen molar-refractivity contribution >= 4 is 23.6 Å². The van der Waals surface area contributed by atoms with Gasteiger partial charge in [0.25, 0.3) is 5.91 Å². The van der Waals surface area contributed by atoms with Crippen LogP contribution in [0.2, 0.25) is 0 Å². The molecule has 0 radical (unpaired) electrons. The van der Waals surface area contributed by atoms with Gasteiger partial charge in [-0.1, -0.05) is 24.3 Å². The molecule has 2 N–H and O–H groups in total. The molecule has 0 bridgehead atoms. The lowest BCUT2D eigenvalue weighted by molar-refractivity contribution is -0.144. The number of benzene rings is 2. The van der Waals surface area contributed by atoms with E-state index in [-0.39, 0.29) is 11.3 Å². The van der Waals surface area contributed by atoms with Crippen LogP contribution in [0, 0.1) is 25.2 Å². The van der Waals surface area contributed by atoms with Crippen LogP contribution in [0.1, 0.15) is 23.6 Å². The van der Waals surface area contributed by atoms with Crippen molar-refractivity contribution in [1.29, 1.82) is 5.26 Å². The molecule has 0 aliphatic heterocycles. The number of carbonyl (C=O) groups excluding carboxylic acids is 1. The van der Waals surface area contributed by atoms with Crippen molar-refractivity contribution in [3.8, 4) is 17.6 Å². The number of aryl methyl sites for hydroxylation is 1. The van der Waals surface area contributed by atoms with Crippen LogP contribution in [0.25, 0.3) is 6.08 Å². The zero-order chi connectivity index (χ0) is 21.6. The van der Waals surface area contributed by atoms with E-state index in [9.17, 15) is 14.9 Å². The van der Waals surface area contributed by atoms with Crippen molar-refractivity contribution in [2.45, 2.75) is 26.9 Å². The third-order valence-electron chi connectivity index (χ3n) is 4.39. The summed E-state index contributed by atoms with van der Waals surface area (Å²) in [5.74, 6) is -1.31. The van der Waals surface area contributed by atoms with E-state index in [1.54, 1.807) is 24.3 Å². The Balaban J connectivity index is 2.42. The lowest BCUT2D eigenvalue weighted by Crippen LogP contribution is -2.23. The Labute approximate surface area is 169 Å². The number of nitriles is 1. The van der Waals surface area contributed by atoms with Crippen molar-refractivity contribution in [2.24, 2.45) is 0 Å². The first kappa shape index (κ1) is 21.5. The molecule has 0 aliphatic rings. The van der Waals surface area contributed by atoms with Crippen LogP contribution in [0.15, 0.2) is 42.0 Å². The van der Waals surface area contributed by atoms with Gasteiger partial charge >= 0.3 is 5.97 Å². The smallest absolute Gasteiger partial charge is 0.344 e. The van der Waals surface area contributed by atoms with E-state index < -0.39 is 18.0 Å². The number of hydrogen-bond acceptors (Lipinski definition) is 5. The number of methoxy groups -OCH3 is 1. The first-order valence-corrected chi connectivity index (χ1v) is 8.84. The van der Waals surface area contributed by atoms with E-state index in [1.807, 2.05) is 32.0 Å². The summed E-state index contributed by atoms with van der Waals surface area (Å²) in [5.41, 5.74) is 2.71. The second kappa shape index (κ2) is 9.42. The maximum absolute atomic E-state index is 12.6. The van der Waals surface area contributed by atoms with Gasteiger partial charge in [0.1, 0.15) is 11.6 Å². The summed E-state index contributed by atoms with van der Waals surface area (Å²) in [6.45, 7) is 5.18. The number of hydrogen-bond donors (Lipinski definition) is 2. The molecule has 0 aromatic heterocycles. The van der Waals surface area contributed by atoms with E-state index in [0.717, 1.165) is 11.1 Å². The summed E-state index contributed by atoms with van der Waals surface area (Å²) in [6, 6.07) is 12.2. The van der Waals surface area contributed by atoms with Gasteiger partial charge in [-0.05, 0) is 50.1 Å². The molecule has 0 heterocycles. The number of aliphatic carboxylic acids is 1. The Hall–Kier alpha value is -3.79. The molecule has 150 valence electrons.